The van der Waals surface area contributed by atoms with Crippen molar-refractivity contribution in [2.45, 2.75) is 38.3 Å². The van der Waals surface area contributed by atoms with Crippen LogP contribution in [0.3, 0.4) is 0 Å². The lowest BCUT2D eigenvalue weighted by Crippen LogP contribution is -2.14. The van der Waals surface area contributed by atoms with Gasteiger partial charge in [0.2, 0.25) is 0 Å². The average molecular weight is 428 g/mol. The van der Waals surface area contributed by atoms with Crippen molar-refractivity contribution in [2.24, 2.45) is 0 Å². The molecule has 0 spiro atoms. The van der Waals surface area contributed by atoms with Crippen molar-refractivity contribution in [3.8, 4) is 0 Å². The van der Waals surface area contributed by atoms with Crippen LogP contribution in [-0.2, 0) is 36.2 Å². The molecule has 0 amide bonds. The smallest absolute Gasteiger partial charge is 0.299 e. The van der Waals surface area contributed by atoms with E-state index in [-0.39, 0.29) is 17.2 Å². The summed E-state index contributed by atoms with van der Waals surface area (Å²) in [5, 5.41) is 0. The number of aryl methyl sites for hydroxylation is 1. The third-order valence-electron chi connectivity index (χ3n) is 3.91. The van der Waals surface area contributed by atoms with E-state index in [4.69, 9.17) is 0 Å². The predicted molar refractivity (Wildman–Crippen MR) is 85.0 cm³/mol. The Bertz CT molecular complexity index is 873. The fourth-order valence-electron chi connectivity index (χ4n) is 2.77. The van der Waals surface area contributed by atoms with Crippen LogP contribution in [0, 0.1) is 6.92 Å². The van der Waals surface area contributed by atoms with Crippen LogP contribution in [0.1, 0.15) is 33.4 Å². The van der Waals surface area contributed by atoms with E-state index < -0.39 is 59.4 Å². The van der Waals surface area contributed by atoms with E-state index in [0.717, 1.165) is 12.1 Å². The summed E-state index contributed by atoms with van der Waals surface area (Å²) in [6, 6.07) is 3.65. The van der Waals surface area contributed by atoms with E-state index >= 15 is 0 Å². The SMILES string of the molecule is Cc1cc(CC(=O)Cc2cc(C(F)(F)F)cc(C(F)(F)F)c2)cc(C(F)(F)F)c1. The third-order valence-corrected chi connectivity index (χ3v) is 3.91. The molecule has 29 heavy (non-hydrogen) atoms. The molecule has 2 aromatic rings. The van der Waals surface area contributed by atoms with Gasteiger partial charge in [-0.3, -0.25) is 4.79 Å². The highest BCUT2D eigenvalue weighted by Gasteiger charge is 2.37. The number of halogens is 9. The molecule has 1 nitrogen and oxygen atoms in total. The molecule has 0 aliphatic rings. The molecule has 0 aromatic heterocycles. The normalized spacial score (nSPS) is 12.9. The second kappa shape index (κ2) is 7.72. The molecule has 0 radical (unpaired) electrons. The highest BCUT2D eigenvalue weighted by molar-refractivity contribution is 5.83. The van der Waals surface area contributed by atoms with Crippen molar-refractivity contribution < 1.29 is 44.3 Å². The van der Waals surface area contributed by atoms with E-state index in [1.54, 1.807) is 0 Å². The van der Waals surface area contributed by atoms with Crippen molar-refractivity contribution in [2.75, 3.05) is 0 Å². The molecule has 0 N–H and O–H groups in total. The number of carbonyl (C=O) groups excluding carboxylic acids is 1. The van der Waals surface area contributed by atoms with Gasteiger partial charge < -0.3 is 0 Å². The summed E-state index contributed by atoms with van der Waals surface area (Å²) in [7, 11) is 0. The summed E-state index contributed by atoms with van der Waals surface area (Å²) in [5.41, 5.74) is -4.49. The lowest BCUT2D eigenvalue weighted by atomic mass is 9.97. The minimum atomic E-state index is -5.06. The monoisotopic (exact) mass is 428 g/mol. The fraction of sp³-hybridized carbons (Fsp3) is 0.316. The zero-order valence-corrected chi connectivity index (χ0v) is 14.7. The van der Waals surface area contributed by atoms with E-state index in [2.05, 4.69) is 0 Å². The highest BCUT2D eigenvalue weighted by Crippen LogP contribution is 2.36. The Hall–Kier alpha value is -2.52. The van der Waals surface area contributed by atoms with Crippen LogP contribution in [0.2, 0.25) is 0 Å². The van der Waals surface area contributed by atoms with Crippen molar-refractivity contribution in [1.29, 1.82) is 0 Å². The maximum atomic E-state index is 12.9. The first-order valence-electron chi connectivity index (χ1n) is 8.03. The van der Waals surface area contributed by atoms with Gasteiger partial charge in [0, 0.05) is 12.8 Å². The molecule has 2 rings (SSSR count). The maximum Gasteiger partial charge on any atom is 0.416 e. The average Bonchev–Trinajstić information content (AvgIpc) is 2.51. The van der Waals surface area contributed by atoms with Crippen LogP contribution >= 0.6 is 0 Å². The fourth-order valence-corrected chi connectivity index (χ4v) is 2.77. The molecule has 0 saturated carbocycles. The number of ketones is 1. The molecule has 10 heteroatoms. The van der Waals surface area contributed by atoms with Crippen LogP contribution in [0.15, 0.2) is 36.4 Å². The minimum Gasteiger partial charge on any atom is -0.299 e. The highest BCUT2D eigenvalue weighted by atomic mass is 19.4. The van der Waals surface area contributed by atoms with Crippen molar-refractivity contribution >= 4 is 5.78 Å². The maximum absolute atomic E-state index is 12.9. The Morgan fingerprint density at radius 3 is 1.34 bits per heavy atom. The van der Waals surface area contributed by atoms with E-state index in [1.165, 1.54) is 13.0 Å². The van der Waals surface area contributed by atoms with Crippen LogP contribution in [-0.4, -0.2) is 5.78 Å². The van der Waals surface area contributed by atoms with Gasteiger partial charge in [-0.15, -0.1) is 0 Å². The van der Waals surface area contributed by atoms with E-state index in [1.807, 2.05) is 0 Å². The third kappa shape index (κ3) is 6.23. The number of benzene rings is 2. The summed E-state index contributed by atoms with van der Waals surface area (Å²) in [6.07, 6.45) is -16.1. The number of hydrogen-bond donors (Lipinski definition) is 0. The Balaban J connectivity index is 2.30. The zero-order chi connectivity index (χ0) is 22.2. The number of alkyl halides is 9. The summed E-state index contributed by atoms with van der Waals surface area (Å²) in [5.74, 6) is -0.823. The topological polar surface area (TPSA) is 17.1 Å². The molecule has 0 aliphatic heterocycles. The van der Waals surface area contributed by atoms with Gasteiger partial charge in [-0.25, -0.2) is 0 Å². The lowest BCUT2D eigenvalue weighted by Gasteiger charge is -2.14. The summed E-state index contributed by atoms with van der Waals surface area (Å²) in [4.78, 5) is 12.1. The molecule has 0 heterocycles. The van der Waals surface area contributed by atoms with Crippen LogP contribution in [0.5, 0.6) is 0 Å². The predicted octanol–water partition coefficient (Wildman–Crippen LogP) is 6.41. The van der Waals surface area contributed by atoms with Crippen molar-refractivity contribution in [3.05, 3.63) is 69.8 Å². The van der Waals surface area contributed by atoms with Gasteiger partial charge in [0.05, 0.1) is 16.7 Å². The number of carbonyl (C=O) groups is 1. The Morgan fingerprint density at radius 1 is 0.621 bits per heavy atom. The standard InChI is InChI=1S/C19H13F9O/c1-10-2-11(4-13(3-10)17(20,21)22)7-16(29)8-12-5-14(18(23,24)25)9-15(6-12)19(26,27)28/h2-6,9H,7-8H2,1H3. The van der Waals surface area contributed by atoms with Crippen molar-refractivity contribution in [3.63, 3.8) is 0 Å². The molecule has 0 aliphatic carbocycles. The molecule has 0 fully saturated rings. The largest absolute Gasteiger partial charge is 0.416 e. The first kappa shape index (κ1) is 22.8. The Morgan fingerprint density at radius 2 is 0.966 bits per heavy atom. The van der Waals surface area contributed by atoms with E-state index in [0.29, 0.717) is 12.1 Å². The molecule has 0 saturated heterocycles. The van der Waals surface area contributed by atoms with Gasteiger partial charge in [0.15, 0.2) is 0 Å². The number of hydrogen-bond acceptors (Lipinski definition) is 1. The Kier molecular flexibility index (Phi) is 6.06. The lowest BCUT2D eigenvalue weighted by molar-refractivity contribution is -0.143. The van der Waals surface area contributed by atoms with Crippen LogP contribution in [0.25, 0.3) is 0 Å². The van der Waals surface area contributed by atoms with Crippen LogP contribution < -0.4 is 0 Å². The van der Waals surface area contributed by atoms with Crippen LogP contribution in [0.4, 0.5) is 39.5 Å². The quantitative estimate of drug-likeness (QED) is 0.515. The summed E-state index contributed by atoms with van der Waals surface area (Å²) in [6.45, 7) is 1.37. The zero-order valence-electron chi connectivity index (χ0n) is 14.7. The second-order valence-electron chi connectivity index (χ2n) is 6.51. The molecule has 2 aromatic carbocycles. The van der Waals surface area contributed by atoms with Gasteiger partial charge in [-0.05, 0) is 48.4 Å². The molecule has 0 unspecified atom stereocenters. The first-order valence-corrected chi connectivity index (χ1v) is 8.03. The van der Waals surface area contributed by atoms with E-state index in [9.17, 15) is 44.3 Å². The Labute approximate surface area is 159 Å². The molecule has 158 valence electrons. The van der Waals surface area contributed by atoms with Crippen molar-refractivity contribution in [1.82, 2.24) is 0 Å². The second-order valence-corrected chi connectivity index (χ2v) is 6.51. The minimum absolute atomic E-state index is 0.0367. The van der Waals surface area contributed by atoms with Gasteiger partial charge in [0.25, 0.3) is 0 Å². The molecule has 0 bridgehead atoms. The van der Waals surface area contributed by atoms with Gasteiger partial charge in [-0.2, -0.15) is 39.5 Å². The first-order chi connectivity index (χ1) is 13.1. The molecular formula is C19H13F9O. The van der Waals surface area contributed by atoms with Gasteiger partial charge in [-0.1, -0.05) is 11.6 Å². The summed E-state index contributed by atoms with van der Waals surface area (Å²) < 4.78 is 116. The molecule has 0 atom stereocenters. The summed E-state index contributed by atoms with van der Waals surface area (Å²) >= 11 is 0. The number of rotatable bonds is 4. The van der Waals surface area contributed by atoms with Gasteiger partial charge in [0.1, 0.15) is 5.78 Å². The van der Waals surface area contributed by atoms with Gasteiger partial charge >= 0.3 is 18.5 Å². The number of Topliss-reactive ketones (excluding diaryl/α,β-unsaturated/α-hetero) is 1. The molecular weight excluding hydrogens is 415 g/mol.